The largest absolute Gasteiger partial charge is 0.379 e. The van der Waals surface area contributed by atoms with Crippen molar-refractivity contribution in [3.8, 4) is 0 Å². The number of hydrogen-bond donors (Lipinski definition) is 2. The molecule has 1 saturated heterocycles. The Morgan fingerprint density at radius 1 is 1.15 bits per heavy atom. The van der Waals surface area contributed by atoms with E-state index < -0.39 is 0 Å². The summed E-state index contributed by atoms with van der Waals surface area (Å²) in [5.74, 6) is 1.94. The third-order valence-electron chi connectivity index (χ3n) is 4.51. The van der Waals surface area contributed by atoms with Crippen LogP contribution in [0.25, 0.3) is 0 Å². The molecule has 0 saturated carbocycles. The quantitative estimate of drug-likeness (QED) is 0.794. The number of hydrogen-bond acceptors (Lipinski definition) is 6. The van der Waals surface area contributed by atoms with E-state index >= 15 is 0 Å². The molecule has 2 N–H and O–H groups in total. The number of ether oxygens (including phenoxy) is 1. The van der Waals surface area contributed by atoms with Crippen LogP contribution in [-0.2, 0) is 4.74 Å². The van der Waals surface area contributed by atoms with Gasteiger partial charge in [-0.25, -0.2) is 4.98 Å². The molecule has 6 heteroatoms. The maximum Gasteiger partial charge on any atom is 0.224 e. The molecule has 2 aromatic rings. The molecule has 2 heterocycles. The van der Waals surface area contributed by atoms with E-state index in [0.29, 0.717) is 11.9 Å². The summed E-state index contributed by atoms with van der Waals surface area (Å²) >= 11 is 0. The van der Waals surface area contributed by atoms with E-state index in [4.69, 9.17) is 4.74 Å². The minimum Gasteiger partial charge on any atom is -0.379 e. The Hall–Kier alpha value is -2.18. The van der Waals surface area contributed by atoms with Gasteiger partial charge in [0.05, 0.1) is 13.2 Å². The molecule has 0 spiro atoms. The summed E-state index contributed by atoms with van der Waals surface area (Å²) in [5, 5.41) is 6.81. The molecule has 1 aliphatic rings. The summed E-state index contributed by atoms with van der Waals surface area (Å²) in [6, 6.07) is 10.3. The molecule has 1 aromatic carbocycles. The van der Waals surface area contributed by atoms with Crippen LogP contribution in [0.1, 0.15) is 31.0 Å². The van der Waals surface area contributed by atoms with E-state index in [1.54, 1.807) is 0 Å². The summed E-state index contributed by atoms with van der Waals surface area (Å²) < 4.78 is 5.38. The molecule has 0 bridgehead atoms. The fourth-order valence-electron chi connectivity index (χ4n) is 3.11. The van der Waals surface area contributed by atoms with Crippen molar-refractivity contribution in [3.05, 3.63) is 41.6 Å². The van der Waals surface area contributed by atoms with Gasteiger partial charge in [-0.3, -0.25) is 4.90 Å². The van der Waals surface area contributed by atoms with Crippen LogP contribution in [0.4, 0.5) is 17.5 Å². The highest BCUT2D eigenvalue weighted by molar-refractivity contribution is 5.62. The zero-order valence-corrected chi connectivity index (χ0v) is 16.0. The molecule has 0 amide bonds. The lowest BCUT2D eigenvalue weighted by Crippen LogP contribution is -2.39. The fourth-order valence-corrected chi connectivity index (χ4v) is 3.11. The molecule has 140 valence electrons. The van der Waals surface area contributed by atoms with Gasteiger partial charge in [0.15, 0.2) is 0 Å². The van der Waals surface area contributed by atoms with Gasteiger partial charge in [0.2, 0.25) is 5.95 Å². The summed E-state index contributed by atoms with van der Waals surface area (Å²) in [6.07, 6.45) is 0. The van der Waals surface area contributed by atoms with Gasteiger partial charge in [-0.05, 0) is 24.5 Å². The highest BCUT2D eigenvalue weighted by Crippen LogP contribution is 2.26. The Morgan fingerprint density at radius 3 is 2.69 bits per heavy atom. The fraction of sp³-hybridized carbons (Fsp3) is 0.500. The minimum absolute atomic E-state index is 0.452. The Bertz CT molecular complexity index is 713. The van der Waals surface area contributed by atoms with Crippen molar-refractivity contribution in [2.24, 2.45) is 0 Å². The van der Waals surface area contributed by atoms with Crippen LogP contribution >= 0.6 is 0 Å². The van der Waals surface area contributed by atoms with Crippen molar-refractivity contribution in [3.63, 3.8) is 0 Å². The van der Waals surface area contributed by atoms with Crippen molar-refractivity contribution >= 4 is 17.5 Å². The molecule has 0 unspecified atom stereocenters. The van der Waals surface area contributed by atoms with Gasteiger partial charge < -0.3 is 15.4 Å². The molecule has 3 rings (SSSR count). The number of nitrogens with zero attached hydrogens (tertiary/aromatic N) is 3. The summed E-state index contributed by atoms with van der Waals surface area (Å²) in [5.41, 5.74) is 3.32. The molecule has 0 atom stereocenters. The molecular weight excluding hydrogens is 326 g/mol. The van der Waals surface area contributed by atoms with Gasteiger partial charge in [0.25, 0.3) is 0 Å². The van der Waals surface area contributed by atoms with Gasteiger partial charge in [0, 0.05) is 43.6 Å². The summed E-state index contributed by atoms with van der Waals surface area (Å²) in [4.78, 5) is 11.5. The zero-order chi connectivity index (χ0) is 18.4. The topological polar surface area (TPSA) is 62.3 Å². The van der Waals surface area contributed by atoms with Gasteiger partial charge in [0.1, 0.15) is 5.82 Å². The van der Waals surface area contributed by atoms with Crippen molar-refractivity contribution in [1.29, 1.82) is 0 Å². The molecule has 1 aromatic heterocycles. The second kappa shape index (κ2) is 8.96. The SMILES string of the molecule is Cc1cc(Nc2ccccc2C(C)C)nc(NCCN2CCOCC2)n1. The average Bonchev–Trinajstić information content (AvgIpc) is 2.62. The first-order valence-electron chi connectivity index (χ1n) is 9.37. The molecule has 1 aliphatic heterocycles. The van der Waals surface area contributed by atoms with Crippen LogP contribution in [0, 0.1) is 6.92 Å². The van der Waals surface area contributed by atoms with Crippen molar-refractivity contribution in [1.82, 2.24) is 14.9 Å². The Labute approximate surface area is 156 Å². The second-order valence-corrected chi connectivity index (χ2v) is 6.97. The lowest BCUT2D eigenvalue weighted by Gasteiger charge is -2.26. The highest BCUT2D eigenvalue weighted by Gasteiger charge is 2.11. The second-order valence-electron chi connectivity index (χ2n) is 6.97. The highest BCUT2D eigenvalue weighted by atomic mass is 16.5. The van der Waals surface area contributed by atoms with Crippen molar-refractivity contribution in [2.45, 2.75) is 26.7 Å². The number of nitrogens with one attached hydrogen (secondary N) is 2. The first kappa shape index (κ1) is 18.6. The van der Waals surface area contributed by atoms with Crippen LogP contribution in [0.2, 0.25) is 0 Å². The number of aromatic nitrogens is 2. The lowest BCUT2D eigenvalue weighted by molar-refractivity contribution is 0.0398. The van der Waals surface area contributed by atoms with E-state index in [1.165, 1.54) is 5.56 Å². The van der Waals surface area contributed by atoms with Gasteiger partial charge in [-0.2, -0.15) is 4.98 Å². The number of anilines is 3. The van der Waals surface area contributed by atoms with Gasteiger partial charge >= 0.3 is 0 Å². The normalized spacial score (nSPS) is 15.2. The van der Waals surface area contributed by atoms with Crippen molar-refractivity contribution < 1.29 is 4.74 Å². The summed E-state index contributed by atoms with van der Waals surface area (Å²) in [7, 11) is 0. The molecule has 26 heavy (non-hydrogen) atoms. The van der Waals surface area contributed by atoms with E-state index in [0.717, 1.165) is 56.6 Å². The number of aryl methyl sites for hydroxylation is 1. The van der Waals surface area contributed by atoms with Crippen LogP contribution in [0.3, 0.4) is 0 Å². The maximum absolute atomic E-state index is 5.38. The molecular formula is C20H29N5O. The number of benzene rings is 1. The van der Waals surface area contributed by atoms with E-state index in [2.05, 4.69) is 57.5 Å². The van der Waals surface area contributed by atoms with Crippen LogP contribution in [0.5, 0.6) is 0 Å². The van der Waals surface area contributed by atoms with Crippen LogP contribution in [-0.4, -0.2) is 54.3 Å². The first-order chi connectivity index (χ1) is 12.6. The monoisotopic (exact) mass is 355 g/mol. The Balaban J connectivity index is 1.64. The Kier molecular flexibility index (Phi) is 6.41. The van der Waals surface area contributed by atoms with Gasteiger partial charge in [-0.15, -0.1) is 0 Å². The average molecular weight is 355 g/mol. The Morgan fingerprint density at radius 2 is 1.92 bits per heavy atom. The van der Waals surface area contributed by atoms with Crippen LogP contribution in [0.15, 0.2) is 30.3 Å². The molecule has 0 radical (unpaired) electrons. The van der Waals surface area contributed by atoms with E-state index in [-0.39, 0.29) is 0 Å². The van der Waals surface area contributed by atoms with Crippen LogP contribution < -0.4 is 10.6 Å². The number of para-hydroxylation sites is 1. The van der Waals surface area contributed by atoms with E-state index in [1.807, 2.05) is 19.1 Å². The lowest BCUT2D eigenvalue weighted by atomic mass is 10.0. The molecule has 1 fully saturated rings. The number of rotatable bonds is 7. The first-order valence-corrected chi connectivity index (χ1v) is 9.37. The number of morpholine rings is 1. The third-order valence-corrected chi connectivity index (χ3v) is 4.51. The standard InChI is InChI=1S/C20H29N5O/c1-15(2)17-6-4-5-7-18(17)23-19-14-16(3)22-20(24-19)21-8-9-25-10-12-26-13-11-25/h4-7,14-15H,8-13H2,1-3H3,(H2,21,22,23,24). The molecule has 0 aliphatic carbocycles. The third kappa shape index (κ3) is 5.16. The zero-order valence-electron chi connectivity index (χ0n) is 16.0. The van der Waals surface area contributed by atoms with Gasteiger partial charge in [-0.1, -0.05) is 32.0 Å². The van der Waals surface area contributed by atoms with Crippen molar-refractivity contribution in [2.75, 3.05) is 50.0 Å². The molecule has 6 nitrogen and oxygen atoms in total. The summed E-state index contributed by atoms with van der Waals surface area (Å²) in [6.45, 7) is 11.8. The predicted molar refractivity (Wildman–Crippen MR) is 106 cm³/mol. The predicted octanol–water partition coefficient (Wildman–Crippen LogP) is 3.40. The minimum atomic E-state index is 0.452. The smallest absolute Gasteiger partial charge is 0.224 e. The van der Waals surface area contributed by atoms with E-state index in [9.17, 15) is 0 Å². The maximum atomic E-state index is 5.38.